The second-order valence-corrected chi connectivity index (χ2v) is 8.29. The predicted molar refractivity (Wildman–Crippen MR) is 81.1 cm³/mol. The van der Waals surface area contributed by atoms with Crippen molar-refractivity contribution in [1.82, 2.24) is 14.3 Å². The van der Waals surface area contributed by atoms with Crippen LogP contribution in [0.3, 0.4) is 0 Å². The lowest BCUT2D eigenvalue weighted by atomic mass is 9.98. The van der Waals surface area contributed by atoms with E-state index in [9.17, 15) is 8.42 Å². The molecule has 0 amide bonds. The summed E-state index contributed by atoms with van der Waals surface area (Å²) in [6.07, 6.45) is 5.14. The van der Waals surface area contributed by atoms with Crippen LogP contribution in [0, 0.1) is 11.8 Å². The number of nitrogens with zero attached hydrogens (tertiary/aromatic N) is 1. The highest BCUT2D eigenvalue weighted by molar-refractivity contribution is 7.87. The molecule has 122 valence electrons. The van der Waals surface area contributed by atoms with Crippen molar-refractivity contribution in [2.75, 3.05) is 33.3 Å². The van der Waals surface area contributed by atoms with Crippen LogP contribution >= 0.6 is 0 Å². The van der Waals surface area contributed by atoms with E-state index in [2.05, 4.69) is 10.0 Å². The molecule has 2 heterocycles. The lowest BCUT2D eigenvalue weighted by Crippen LogP contribution is -2.51. The smallest absolute Gasteiger partial charge is 0.279 e. The number of hydrogen-bond acceptors (Lipinski definition) is 4. The van der Waals surface area contributed by atoms with Gasteiger partial charge in [0.25, 0.3) is 10.2 Å². The molecule has 1 saturated carbocycles. The number of piperidine rings is 1. The zero-order chi connectivity index (χ0) is 14.9. The van der Waals surface area contributed by atoms with Gasteiger partial charge in [-0.25, -0.2) is 0 Å². The number of ether oxygens (including phenoxy) is 1. The first-order chi connectivity index (χ1) is 10.1. The lowest BCUT2D eigenvalue weighted by molar-refractivity contribution is 0.0843. The molecule has 3 rings (SSSR count). The summed E-state index contributed by atoms with van der Waals surface area (Å²) in [7, 11) is -1.41. The first-order valence-corrected chi connectivity index (χ1v) is 9.58. The Morgan fingerprint density at radius 3 is 2.48 bits per heavy atom. The minimum absolute atomic E-state index is 0.0301. The first kappa shape index (κ1) is 15.7. The van der Waals surface area contributed by atoms with E-state index in [0.717, 1.165) is 25.8 Å². The average molecular weight is 317 g/mol. The van der Waals surface area contributed by atoms with E-state index in [1.807, 2.05) is 7.05 Å². The normalized spacial score (nSPS) is 32.6. The minimum Gasteiger partial charge on any atom is -0.376 e. The SMILES string of the molecule is CNCC1CCN(S(=O)(=O)NC2CCOC2C2CC2)CC1. The van der Waals surface area contributed by atoms with Crippen LogP contribution in [0.1, 0.15) is 32.1 Å². The average Bonchev–Trinajstić information content (AvgIpc) is 3.20. The molecule has 3 fully saturated rings. The molecule has 0 aromatic heterocycles. The van der Waals surface area contributed by atoms with Crippen molar-refractivity contribution >= 4 is 10.2 Å². The molecule has 0 aromatic carbocycles. The Balaban J connectivity index is 1.54. The predicted octanol–water partition coefficient (Wildman–Crippen LogP) is 0.320. The maximum Gasteiger partial charge on any atom is 0.279 e. The van der Waals surface area contributed by atoms with E-state index < -0.39 is 10.2 Å². The van der Waals surface area contributed by atoms with Crippen LogP contribution in [0.5, 0.6) is 0 Å². The standard InChI is InChI=1S/C14H27N3O3S/c1-15-10-11-4-7-17(8-5-11)21(18,19)16-13-6-9-20-14(13)12-2-3-12/h11-16H,2-10H2,1H3. The Hall–Kier alpha value is -0.210. The molecule has 0 spiro atoms. The van der Waals surface area contributed by atoms with Crippen molar-refractivity contribution in [3.63, 3.8) is 0 Å². The topological polar surface area (TPSA) is 70.7 Å². The fourth-order valence-corrected chi connectivity index (χ4v) is 5.01. The van der Waals surface area contributed by atoms with Gasteiger partial charge in [-0.3, -0.25) is 0 Å². The largest absolute Gasteiger partial charge is 0.376 e. The zero-order valence-electron chi connectivity index (χ0n) is 12.8. The van der Waals surface area contributed by atoms with E-state index in [4.69, 9.17) is 4.74 Å². The van der Waals surface area contributed by atoms with Gasteiger partial charge in [0.15, 0.2) is 0 Å². The van der Waals surface area contributed by atoms with Crippen molar-refractivity contribution in [2.45, 2.75) is 44.2 Å². The van der Waals surface area contributed by atoms with E-state index in [-0.39, 0.29) is 12.1 Å². The van der Waals surface area contributed by atoms with Crippen molar-refractivity contribution in [2.24, 2.45) is 11.8 Å². The summed E-state index contributed by atoms with van der Waals surface area (Å²) >= 11 is 0. The number of hydrogen-bond donors (Lipinski definition) is 2. The van der Waals surface area contributed by atoms with Crippen LogP contribution in [0.4, 0.5) is 0 Å². The van der Waals surface area contributed by atoms with Gasteiger partial charge in [0, 0.05) is 19.7 Å². The summed E-state index contributed by atoms with van der Waals surface area (Å²) in [6.45, 7) is 2.91. The molecular formula is C14H27N3O3S. The fourth-order valence-electron chi connectivity index (χ4n) is 3.54. The van der Waals surface area contributed by atoms with Crippen LogP contribution in [0.25, 0.3) is 0 Å². The van der Waals surface area contributed by atoms with Crippen LogP contribution in [0.15, 0.2) is 0 Å². The minimum atomic E-state index is -3.36. The summed E-state index contributed by atoms with van der Waals surface area (Å²) in [4.78, 5) is 0. The van der Waals surface area contributed by atoms with E-state index in [1.165, 1.54) is 12.8 Å². The lowest BCUT2D eigenvalue weighted by Gasteiger charge is -2.32. The Labute approximate surface area is 127 Å². The second-order valence-electron chi connectivity index (χ2n) is 6.59. The van der Waals surface area contributed by atoms with E-state index >= 15 is 0 Å². The van der Waals surface area contributed by atoms with Gasteiger partial charge >= 0.3 is 0 Å². The molecule has 2 unspecified atom stereocenters. The Bertz CT molecular complexity index is 444. The van der Waals surface area contributed by atoms with Gasteiger partial charge in [-0.15, -0.1) is 0 Å². The third-order valence-corrected chi connectivity index (χ3v) is 6.57. The molecule has 1 aliphatic carbocycles. The molecule has 2 aliphatic heterocycles. The molecule has 0 radical (unpaired) electrons. The summed E-state index contributed by atoms with van der Waals surface area (Å²) in [6, 6.07) is -0.0301. The fraction of sp³-hybridized carbons (Fsp3) is 1.00. The summed E-state index contributed by atoms with van der Waals surface area (Å²) in [5.41, 5.74) is 0. The van der Waals surface area contributed by atoms with Crippen molar-refractivity contribution < 1.29 is 13.2 Å². The van der Waals surface area contributed by atoms with Crippen molar-refractivity contribution in [3.05, 3.63) is 0 Å². The molecule has 6 nitrogen and oxygen atoms in total. The van der Waals surface area contributed by atoms with Gasteiger partial charge in [-0.05, 0) is 57.5 Å². The monoisotopic (exact) mass is 317 g/mol. The molecule has 3 aliphatic rings. The van der Waals surface area contributed by atoms with Crippen LogP contribution in [0.2, 0.25) is 0 Å². The third-order valence-electron chi connectivity index (χ3n) is 4.93. The first-order valence-electron chi connectivity index (χ1n) is 8.14. The molecule has 21 heavy (non-hydrogen) atoms. The van der Waals surface area contributed by atoms with Gasteiger partial charge in [0.1, 0.15) is 0 Å². The molecule has 7 heteroatoms. The second kappa shape index (κ2) is 6.50. The number of rotatable bonds is 6. The molecule has 2 N–H and O–H groups in total. The van der Waals surface area contributed by atoms with Gasteiger partial charge in [0.05, 0.1) is 12.1 Å². The Morgan fingerprint density at radius 1 is 1.14 bits per heavy atom. The molecule has 2 atom stereocenters. The molecule has 2 saturated heterocycles. The molecule has 0 bridgehead atoms. The van der Waals surface area contributed by atoms with Crippen molar-refractivity contribution in [1.29, 1.82) is 0 Å². The van der Waals surface area contributed by atoms with E-state index in [1.54, 1.807) is 4.31 Å². The van der Waals surface area contributed by atoms with E-state index in [0.29, 0.717) is 31.5 Å². The van der Waals surface area contributed by atoms with Gasteiger partial charge in [-0.2, -0.15) is 17.4 Å². The van der Waals surface area contributed by atoms with Gasteiger partial charge < -0.3 is 10.1 Å². The van der Waals surface area contributed by atoms with Crippen LogP contribution < -0.4 is 10.0 Å². The summed E-state index contributed by atoms with van der Waals surface area (Å²) < 4.78 is 35.3. The highest BCUT2D eigenvalue weighted by atomic mass is 32.2. The maximum atomic E-state index is 12.5. The highest BCUT2D eigenvalue weighted by Crippen LogP contribution is 2.39. The van der Waals surface area contributed by atoms with Gasteiger partial charge in [0.2, 0.25) is 0 Å². The Kier molecular flexibility index (Phi) is 4.85. The number of nitrogens with one attached hydrogen (secondary N) is 2. The Morgan fingerprint density at radius 2 is 1.86 bits per heavy atom. The van der Waals surface area contributed by atoms with Crippen molar-refractivity contribution in [3.8, 4) is 0 Å². The zero-order valence-corrected chi connectivity index (χ0v) is 13.6. The third kappa shape index (κ3) is 3.76. The molecular weight excluding hydrogens is 290 g/mol. The van der Waals surface area contributed by atoms with Gasteiger partial charge in [-0.1, -0.05) is 0 Å². The van der Waals surface area contributed by atoms with Crippen LogP contribution in [-0.4, -0.2) is 58.2 Å². The quantitative estimate of drug-likeness (QED) is 0.740. The summed E-state index contributed by atoms with van der Waals surface area (Å²) in [5, 5.41) is 3.17. The summed E-state index contributed by atoms with van der Waals surface area (Å²) in [5.74, 6) is 1.16. The molecule has 0 aromatic rings. The highest BCUT2D eigenvalue weighted by Gasteiger charge is 2.43. The van der Waals surface area contributed by atoms with Crippen LogP contribution in [-0.2, 0) is 14.9 Å². The maximum absolute atomic E-state index is 12.5.